The second kappa shape index (κ2) is 4.28. The van der Waals surface area contributed by atoms with E-state index < -0.39 is 0 Å². The summed E-state index contributed by atoms with van der Waals surface area (Å²) in [4.78, 5) is 15.1. The van der Waals surface area contributed by atoms with Crippen molar-refractivity contribution in [2.24, 2.45) is 0 Å². The Bertz CT molecular complexity index is 804. The minimum absolute atomic E-state index is 0.137. The third-order valence-electron chi connectivity index (χ3n) is 3.33. The number of hydrogen-bond donors (Lipinski definition) is 2. The number of hydrogen-bond acceptors (Lipinski definition) is 2. The highest BCUT2D eigenvalue weighted by Crippen LogP contribution is 2.30. The first kappa shape index (κ1) is 11.5. The average Bonchev–Trinajstić information content (AvgIpc) is 2.39. The fraction of sp³-hybridized carbons (Fsp3) is 0.0625. The Morgan fingerprint density at radius 1 is 1.00 bits per heavy atom. The molecule has 0 atom stereocenters. The molecule has 94 valence electrons. The highest BCUT2D eigenvalue weighted by Gasteiger charge is 2.13. The van der Waals surface area contributed by atoms with E-state index in [0.29, 0.717) is 16.5 Å². The molecule has 3 rings (SSSR count). The van der Waals surface area contributed by atoms with E-state index in [1.54, 1.807) is 18.2 Å². The Labute approximate surface area is 110 Å². The highest BCUT2D eigenvalue weighted by molar-refractivity contribution is 5.92. The molecule has 0 radical (unpaired) electrons. The third kappa shape index (κ3) is 1.80. The van der Waals surface area contributed by atoms with Crippen LogP contribution in [0.2, 0.25) is 0 Å². The average molecular weight is 251 g/mol. The van der Waals surface area contributed by atoms with Crippen LogP contribution in [0, 0.1) is 6.92 Å². The van der Waals surface area contributed by atoms with Crippen molar-refractivity contribution < 1.29 is 5.11 Å². The van der Waals surface area contributed by atoms with Crippen LogP contribution in [0.4, 0.5) is 0 Å². The zero-order valence-electron chi connectivity index (χ0n) is 10.5. The Morgan fingerprint density at radius 3 is 2.47 bits per heavy atom. The van der Waals surface area contributed by atoms with Gasteiger partial charge in [0.15, 0.2) is 0 Å². The molecule has 0 aliphatic carbocycles. The number of benzene rings is 2. The van der Waals surface area contributed by atoms with Crippen LogP contribution in [0.15, 0.2) is 53.3 Å². The van der Waals surface area contributed by atoms with Gasteiger partial charge in [-0.2, -0.15) is 0 Å². The second-order valence-corrected chi connectivity index (χ2v) is 4.52. The van der Waals surface area contributed by atoms with Crippen molar-refractivity contribution in [2.75, 3.05) is 0 Å². The first-order valence-corrected chi connectivity index (χ1v) is 6.08. The Hall–Kier alpha value is -2.55. The van der Waals surface area contributed by atoms with Crippen LogP contribution < -0.4 is 5.56 Å². The van der Waals surface area contributed by atoms with E-state index in [1.807, 2.05) is 37.3 Å². The van der Waals surface area contributed by atoms with E-state index in [1.165, 1.54) is 0 Å². The molecule has 0 fully saturated rings. The smallest absolute Gasteiger partial charge is 0.256 e. The first-order valence-electron chi connectivity index (χ1n) is 6.08. The van der Waals surface area contributed by atoms with Crippen molar-refractivity contribution in [3.8, 4) is 16.9 Å². The molecule has 0 amide bonds. The van der Waals surface area contributed by atoms with Crippen LogP contribution in [0.1, 0.15) is 5.56 Å². The van der Waals surface area contributed by atoms with Gasteiger partial charge in [0.05, 0.1) is 11.1 Å². The molecular weight excluding hydrogens is 238 g/mol. The van der Waals surface area contributed by atoms with Crippen LogP contribution in [0.5, 0.6) is 5.75 Å². The lowest BCUT2D eigenvalue weighted by Gasteiger charge is -2.10. The number of pyridine rings is 1. The van der Waals surface area contributed by atoms with Crippen molar-refractivity contribution in [3.05, 3.63) is 64.4 Å². The van der Waals surface area contributed by atoms with Gasteiger partial charge in [0.2, 0.25) is 0 Å². The van der Waals surface area contributed by atoms with Gasteiger partial charge >= 0.3 is 0 Å². The molecule has 0 aliphatic heterocycles. The summed E-state index contributed by atoms with van der Waals surface area (Å²) in [5.74, 6) is 0.184. The normalized spacial score (nSPS) is 10.8. The predicted molar refractivity (Wildman–Crippen MR) is 76.4 cm³/mol. The Balaban J connectivity index is 2.45. The summed E-state index contributed by atoms with van der Waals surface area (Å²) in [6.07, 6.45) is 0. The largest absolute Gasteiger partial charge is 0.507 e. The van der Waals surface area contributed by atoms with Crippen molar-refractivity contribution in [1.29, 1.82) is 0 Å². The van der Waals surface area contributed by atoms with Gasteiger partial charge in [0.1, 0.15) is 5.75 Å². The van der Waals surface area contributed by atoms with Crippen LogP contribution in [-0.2, 0) is 0 Å². The van der Waals surface area contributed by atoms with Gasteiger partial charge in [0, 0.05) is 5.39 Å². The van der Waals surface area contributed by atoms with Gasteiger partial charge in [-0.05, 0) is 30.2 Å². The van der Waals surface area contributed by atoms with E-state index in [4.69, 9.17) is 0 Å². The SMILES string of the molecule is Cc1c(-c2ccccc2)c(=O)[nH]c2cccc(O)c12. The fourth-order valence-corrected chi connectivity index (χ4v) is 2.47. The lowest BCUT2D eigenvalue weighted by atomic mass is 9.98. The van der Waals surface area contributed by atoms with Gasteiger partial charge in [-0.15, -0.1) is 0 Å². The van der Waals surface area contributed by atoms with Crippen LogP contribution >= 0.6 is 0 Å². The number of phenols is 1. The minimum Gasteiger partial charge on any atom is -0.507 e. The van der Waals surface area contributed by atoms with E-state index in [-0.39, 0.29) is 11.3 Å². The molecule has 0 unspecified atom stereocenters. The number of nitrogens with one attached hydrogen (secondary N) is 1. The van der Waals surface area contributed by atoms with Gasteiger partial charge in [-0.3, -0.25) is 4.79 Å². The number of H-pyrrole nitrogens is 1. The minimum atomic E-state index is -0.137. The van der Waals surface area contributed by atoms with Crippen molar-refractivity contribution in [1.82, 2.24) is 4.98 Å². The Morgan fingerprint density at radius 2 is 1.74 bits per heavy atom. The summed E-state index contributed by atoms with van der Waals surface area (Å²) in [5.41, 5.74) is 2.77. The maximum absolute atomic E-state index is 12.2. The molecule has 3 nitrogen and oxygen atoms in total. The number of rotatable bonds is 1. The molecule has 0 saturated carbocycles. The van der Waals surface area contributed by atoms with Gasteiger partial charge in [-0.1, -0.05) is 36.4 Å². The fourth-order valence-electron chi connectivity index (χ4n) is 2.47. The number of phenolic OH excluding ortho intramolecular Hbond substituents is 1. The molecular formula is C16H13NO2. The maximum Gasteiger partial charge on any atom is 0.256 e. The zero-order valence-corrected chi connectivity index (χ0v) is 10.5. The molecule has 1 heterocycles. The van der Waals surface area contributed by atoms with E-state index in [0.717, 1.165) is 11.1 Å². The van der Waals surface area contributed by atoms with E-state index in [2.05, 4.69) is 4.98 Å². The van der Waals surface area contributed by atoms with Crippen molar-refractivity contribution in [2.45, 2.75) is 6.92 Å². The molecule has 1 aromatic heterocycles. The number of fused-ring (bicyclic) bond motifs is 1. The van der Waals surface area contributed by atoms with Crippen LogP contribution in [0.25, 0.3) is 22.0 Å². The number of aromatic hydroxyl groups is 1. The Kier molecular flexibility index (Phi) is 2.60. The lowest BCUT2D eigenvalue weighted by Crippen LogP contribution is -2.11. The van der Waals surface area contributed by atoms with E-state index >= 15 is 0 Å². The van der Waals surface area contributed by atoms with Gasteiger partial charge < -0.3 is 10.1 Å². The second-order valence-electron chi connectivity index (χ2n) is 4.52. The van der Waals surface area contributed by atoms with Crippen molar-refractivity contribution in [3.63, 3.8) is 0 Å². The molecule has 3 aromatic rings. The molecule has 2 N–H and O–H groups in total. The summed E-state index contributed by atoms with van der Waals surface area (Å²) >= 11 is 0. The number of aromatic nitrogens is 1. The quantitative estimate of drug-likeness (QED) is 0.697. The summed E-state index contributed by atoms with van der Waals surface area (Å²) in [6.45, 7) is 1.86. The molecule has 0 saturated heterocycles. The van der Waals surface area contributed by atoms with Crippen molar-refractivity contribution >= 4 is 10.9 Å². The topological polar surface area (TPSA) is 53.1 Å². The van der Waals surface area contributed by atoms with Crippen LogP contribution in [-0.4, -0.2) is 10.1 Å². The number of aromatic amines is 1. The molecule has 2 aromatic carbocycles. The maximum atomic E-state index is 12.2. The third-order valence-corrected chi connectivity index (χ3v) is 3.33. The standard InChI is InChI=1S/C16H13NO2/c1-10-14(11-6-3-2-4-7-11)16(19)17-12-8-5-9-13(18)15(10)12/h2-9,18H,1H3,(H,17,19). The zero-order chi connectivity index (χ0) is 13.4. The van der Waals surface area contributed by atoms with Gasteiger partial charge in [0.25, 0.3) is 5.56 Å². The molecule has 19 heavy (non-hydrogen) atoms. The summed E-state index contributed by atoms with van der Waals surface area (Å²) in [7, 11) is 0. The molecule has 0 spiro atoms. The molecule has 0 bridgehead atoms. The number of aryl methyl sites for hydroxylation is 1. The highest BCUT2D eigenvalue weighted by atomic mass is 16.3. The molecule has 3 heteroatoms. The summed E-state index contributed by atoms with van der Waals surface area (Å²) in [6, 6.07) is 14.6. The first-order chi connectivity index (χ1) is 9.18. The predicted octanol–water partition coefficient (Wildman–Crippen LogP) is 3.21. The summed E-state index contributed by atoms with van der Waals surface area (Å²) < 4.78 is 0. The van der Waals surface area contributed by atoms with E-state index in [9.17, 15) is 9.90 Å². The van der Waals surface area contributed by atoms with Gasteiger partial charge in [-0.25, -0.2) is 0 Å². The monoisotopic (exact) mass is 251 g/mol. The summed E-state index contributed by atoms with van der Waals surface area (Å²) in [5, 5.41) is 10.7. The lowest BCUT2D eigenvalue weighted by molar-refractivity contribution is 0.481. The molecule has 0 aliphatic rings. The van der Waals surface area contributed by atoms with Crippen LogP contribution in [0.3, 0.4) is 0 Å².